The van der Waals surface area contributed by atoms with E-state index in [-0.39, 0.29) is 5.91 Å². The molecule has 1 amide bonds. The van der Waals surface area contributed by atoms with Crippen molar-refractivity contribution in [3.05, 3.63) is 63.9 Å². The topological polar surface area (TPSA) is 112 Å². The molecule has 1 N–H and O–H groups in total. The second kappa shape index (κ2) is 7.65. The summed E-state index contributed by atoms with van der Waals surface area (Å²) in [5, 5.41) is 19.3. The molecular formula is C22H19N7O2S. The third kappa shape index (κ3) is 3.44. The van der Waals surface area contributed by atoms with Crippen LogP contribution in [0.15, 0.2) is 40.9 Å². The highest BCUT2D eigenvalue weighted by molar-refractivity contribution is 7.15. The number of aryl methyl sites for hydroxylation is 4. The Hall–Kier alpha value is -3.92. The van der Waals surface area contributed by atoms with E-state index in [9.17, 15) is 4.79 Å². The maximum atomic E-state index is 13.4. The van der Waals surface area contributed by atoms with Gasteiger partial charge in [-0.2, -0.15) is 4.68 Å². The number of hydrogen-bond donors (Lipinski definition) is 1. The first-order chi connectivity index (χ1) is 15.4. The quantitative estimate of drug-likeness (QED) is 0.436. The van der Waals surface area contributed by atoms with Crippen molar-refractivity contribution in [2.24, 2.45) is 0 Å². The van der Waals surface area contributed by atoms with Crippen LogP contribution in [-0.4, -0.2) is 36.3 Å². The average molecular weight is 446 g/mol. The molecule has 4 heterocycles. The molecular weight excluding hydrogens is 426 g/mol. The number of anilines is 1. The first-order valence-corrected chi connectivity index (χ1v) is 10.7. The summed E-state index contributed by atoms with van der Waals surface area (Å²) in [6.45, 7) is 7.61. The molecule has 1 aromatic carbocycles. The molecule has 32 heavy (non-hydrogen) atoms. The molecule has 0 fully saturated rings. The highest BCUT2D eigenvalue weighted by Gasteiger charge is 2.20. The highest BCUT2D eigenvalue weighted by Crippen LogP contribution is 2.31. The van der Waals surface area contributed by atoms with E-state index in [2.05, 4.69) is 31.0 Å². The van der Waals surface area contributed by atoms with E-state index >= 15 is 0 Å². The molecule has 0 aliphatic carbocycles. The van der Waals surface area contributed by atoms with Gasteiger partial charge in [0.1, 0.15) is 0 Å². The van der Waals surface area contributed by atoms with Crippen LogP contribution < -0.4 is 5.32 Å². The van der Waals surface area contributed by atoms with Crippen LogP contribution in [0.5, 0.6) is 0 Å². The maximum absolute atomic E-state index is 13.4. The van der Waals surface area contributed by atoms with Gasteiger partial charge in [0, 0.05) is 10.6 Å². The number of hydrogen-bond acceptors (Lipinski definition) is 8. The molecule has 0 saturated heterocycles. The van der Waals surface area contributed by atoms with E-state index in [0.29, 0.717) is 39.6 Å². The standard InChI is InChI=1S/C22H19N7O2S/c1-11-5-7-15(9-18(11)29-14(4)25-27-28-29)23-21(30)16-10-17(19-8-6-12(2)32-19)24-22-20(16)13(3)26-31-22/h5-10H,1-4H3,(H,23,30). The molecule has 0 aliphatic heterocycles. The number of pyridine rings is 1. The third-order valence-corrected chi connectivity index (χ3v) is 6.20. The molecule has 5 aromatic rings. The van der Waals surface area contributed by atoms with E-state index in [4.69, 9.17) is 4.52 Å². The molecule has 4 aromatic heterocycles. The van der Waals surface area contributed by atoms with Gasteiger partial charge in [-0.15, -0.1) is 16.4 Å². The maximum Gasteiger partial charge on any atom is 0.259 e. The lowest BCUT2D eigenvalue weighted by atomic mass is 10.1. The fraction of sp³-hybridized carbons (Fsp3) is 0.182. The number of thiophene rings is 1. The zero-order chi connectivity index (χ0) is 22.4. The van der Waals surface area contributed by atoms with Gasteiger partial charge >= 0.3 is 0 Å². The molecule has 0 unspecified atom stereocenters. The largest absolute Gasteiger partial charge is 0.335 e. The predicted octanol–water partition coefficient (Wildman–Crippen LogP) is 4.41. The molecule has 0 bridgehead atoms. The summed E-state index contributed by atoms with van der Waals surface area (Å²) in [7, 11) is 0. The van der Waals surface area contributed by atoms with E-state index < -0.39 is 0 Å². The SMILES string of the molecule is Cc1ccc(-c2cc(C(=O)Nc3ccc(C)c(-n4nnnc4C)c3)c3c(C)noc3n2)s1. The minimum absolute atomic E-state index is 0.276. The van der Waals surface area contributed by atoms with Crippen molar-refractivity contribution in [2.75, 3.05) is 5.32 Å². The molecule has 5 rings (SSSR count). The summed E-state index contributed by atoms with van der Waals surface area (Å²) in [5.41, 5.74) is 4.47. The van der Waals surface area contributed by atoms with Crippen molar-refractivity contribution in [1.82, 2.24) is 30.3 Å². The highest BCUT2D eigenvalue weighted by atomic mass is 32.1. The van der Waals surface area contributed by atoms with E-state index in [1.54, 1.807) is 29.0 Å². The van der Waals surface area contributed by atoms with Crippen LogP contribution in [0.4, 0.5) is 5.69 Å². The Morgan fingerprint density at radius 3 is 2.66 bits per heavy atom. The number of benzene rings is 1. The van der Waals surface area contributed by atoms with Gasteiger partial charge in [0.25, 0.3) is 11.6 Å². The zero-order valence-electron chi connectivity index (χ0n) is 17.9. The van der Waals surface area contributed by atoms with E-state index in [1.807, 2.05) is 51.1 Å². The Bertz CT molecular complexity index is 1480. The second-order valence-electron chi connectivity index (χ2n) is 7.51. The van der Waals surface area contributed by atoms with E-state index in [0.717, 1.165) is 21.0 Å². The fourth-order valence-corrected chi connectivity index (χ4v) is 4.37. The number of amides is 1. The Morgan fingerprint density at radius 2 is 1.94 bits per heavy atom. The van der Waals surface area contributed by atoms with Crippen molar-refractivity contribution < 1.29 is 9.32 Å². The Labute approximate surface area is 187 Å². The van der Waals surface area contributed by atoms with E-state index in [1.165, 1.54) is 0 Å². The Morgan fingerprint density at radius 1 is 1.09 bits per heavy atom. The fourth-order valence-electron chi connectivity index (χ4n) is 3.54. The van der Waals surface area contributed by atoms with Gasteiger partial charge < -0.3 is 9.84 Å². The van der Waals surface area contributed by atoms with Gasteiger partial charge in [0.05, 0.1) is 32.9 Å². The first kappa shape index (κ1) is 20.0. The molecule has 9 nitrogen and oxygen atoms in total. The van der Waals surface area contributed by atoms with Crippen molar-refractivity contribution in [1.29, 1.82) is 0 Å². The second-order valence-corrected chi connectivity index (χ2v) is 8.79. The van der Waals surface area contributed by atoms with Crippen LogP contribution >= 0.6 is 11.3 Å². The van der Waals surface area contributed by atoms with Crippen LogP contribution in [0.2, 0.25) is 0 Å². The lowest BCUT2D eigenvalue weighted by molar-refractivity contribution is 0.102. The summed E-state index contributed by atoms with van der Waals surface area (Å²) >= 11 is 1.61. The smallest absolute Gasteiger partial charge is 0.259 e. The minimum Gasteiger partial charge on any atom is -0.335 e. The third-order valence-electron chi connectivity index (χ3n) is 5.18. The van der Waals surface area contributed by atoms with Crippen molar-refractivity contribution >= 4 is 34.0 Å². The zero-order valence-corrected chi connectivity index (χ0v) is 18.7. The number of nitrogens with one attached hydrogen (secondary N) is 1. The van der Waals surface area contributed by atoms with Crippen LogP contribution in [0.3, 0.4) is 0 Å². The number of aromatic nitrogens is 6. The molecule has 160 valence electrons. The molecule has 0 atom stereocenters. The first-order valence-electron chi connectivity index (χ1n) is 9.92. The van der Waals surface area contributed by atoms with Crippen LogP contribution in [0.25, 0.3) is 27.4 Å². The van der Waals surface area contributed by atoms with Gasteiger partial charge in [-0.3, -0.25) is 4.79 Å². The Kier molecular flexibility index (Phi) is 4.78. The van der Waals surface area contributed by atoms with Gasteiger partial charge in [-0.25, -0.2) is 4.98 Å². The van der Waals surface area contributed by atoms with Crippen LogP contribution in [0, 0.1) is 27.7 Å². The lowest BCUT2D eigenvalue weighted by Crippen LogP contribution is -2.14. The molecule has 0 saturated carbocycles. The molecule has 0 aliphatic rings. The van der Waals surface area contributed by atoms with Crippen LogP contribution in [0.1, 0.15) is 32.3 Å². The molecule has 0 spiro atoms. The summed E-state index contributed by atoms with van der Waals surface area (Å²) < 4.78 is 7.03. The monoisotopic (exact) mass is 445 g/mol. The van der Waals surface area contributed by atoms with Gasteiger partial charge in [0.15, 0.2) is 5.82 Å². The number of tetrazole rings is 1. The normalized spacial score (nSPS) is 11.2. The van der Waals surface area contributed by atoms with Gasteiger partial charge in [-0.05, 0) is 74.0 Å². The number of carbonyl (C=O) groups excluding carboxylic acids is 1. The summed E-state index contributed by atoms with van der Waals surface area (Å²) in [4.78, 5) is 20.1. The predicted molar refractivity (Wildman–Crippen MR) is 121 cm³/mol. The van der Waals surface area contributed by atoms with Crippen molar-refractivity contribution in [2.45, 2.75) is 27.7 Å². The number of rotatable bonds is 4. The van der Waals surface area contributed by atoms with Gasteiger partial charge in [-0.1, -0.05) is 11.2 Å². The van der Waals surface area contributed by atoms with Crippen molar-refractivity contribution in [3.63, 3.8) is 0 Å². The number of nitrogens with zero attached hydrogens (tertiary/aromatic N) is 6. The van der Waals surface area contributed by atoms with Gasteiger partial charge in [0.2, 0.25) is 0 Å². The average Bonchev–Trinajstić information content (AvgIpc) is 3.49. The summed E-state index contributed by atoms with van der Waals surface area (Å²) in [6, 6.07) is 11.4. The molecule has 10 heteroatoms. The number of fused-ring (bicyclic) bond motifs is 1. The summed E-state index contributed by atoms with van der Waals surface area (Å²) in [6.07, 6.45) is 0. The minimum atomic E-state index is -0.276. The Balaban J connectivity index is 1.56. The lowest BCUT2D eigenvalue weighted by Gasteiger charge is -2.11. The van der Waals surface area contributed by atoms with Crippen LogP contribution in [-0.2, 0) is 0 Å². The van der Waals surface area contributed by atoms with Crippen molar-refractivity contribution in [3.8, 4) is 16.3 Å². The summed E-state index contributed by atoms with van der Waals surface area (Å²) in [5.74, 6) is 0.380. The molecule has 0 radical (unpaired) electrons. The number of carbonyl (C=O) groups is 1.